The van der Waals surface area contributed by atoms with Crippen LogP contribution >= 0.6 is 15.9 Å². The fourth-order valence-corrected chi connectivity index (χ4v) is 2.23. The summed E-state index contributed by atoms with van der Waals surface area (Å²) >= 11 is 3.20. The third-order valence-electron chi connectivity index (χ3n) is 2.58. The van der Waals surface area contributed by atoms with Gasteiger partial charge in [-0.2, -0.15) is 5.26 Å². The summed E-state index contributed by atoms with van der Waals surface area (Å²) in [7, 11) is 0. The van der Waals surface area contributed by atoms with Crippen LogP contribution in [0.2, 0.25) is 0 Å². The zero-order valence-electron chi connectivity index (χ0n) is 9.70. The molecule has 0 aliphatic rings. The van der Waals surface area contributed by atoms with E-state index >= 15 is 0 Å². The van der Waals surface area contributed by atoms with E-state index in [1.165, 1.54) is 30.3 Å². The van der Waals surface area contributed by atoms with Gasteiger partial charge in [-0.25, -0.2) is 8.78 Å². The smallest absolute Gasteiger partial charge is 0.146 e. The molecule has 0 aliphatic carbocycles. The van der Waals surface area contributed by atoms with Gasteiger partial charge in [-0.1, -0.05) is 34.1 Å². The van der Waals surface area contributed by atoms with Crippen LogP contribution in [0.15, 0.2) is 46.9 Å². The van der Waals surface area contributed by atoms with Gasteiger partial charge in [-0.05, 0) is 24.3 Å². The second kappa shape index (κ2) is 5.81. The lowest BCUT2D eigenvalue weighted by Gasteiger charge is -2.15. The van der Waals surface area contributed by atoms with E-state index in [4.69, 9.17) is 0 Å². The maximum absolute atomic E-state index is 13.5. The number of anilines is 1. The van der Waals surface area contributed by atoms with Gasteiger partial charge >= 0.3 is 0 Å². The number of para-hydroxylation sites is 1. The van der Waals surface area contributed by atoms with E-state index in [1.54, 1.807) is 12.1 Å². The zero-order chi connectivity index (χ0) is 13.8. The molecule has 5 heteroatoms. The van der Waals surface area contributed by atoms with Crippen LogP contribution in [-0.2, 0) is 0 Å². The Morgan fingerprint density at radius 1 is 1.16 bits per heavy atom. The number of nitrogens with zero attached hydrogens (tertiary/aromatic N) is 1. The van der Waals surface area contributed by atoms with Crippen molar-refractivity contribution < 1.29 is 8.78 Å². The molecule has 1 N–H and O–H groups in total. The molecule has 0 saturated carbocycles. The Morgan fingerprint density at radius 2 is 1.89 bits per heavy atom. The summed E-state index contributed by atoms with van der Waals surface area (Å²) in [6.07, 6.45) is 0. The monoisotopic (exact) mass is 322 g/mol. The highest BCUT2D eigenvalue weighted by atomic mass is 79.9. The first-order chi connectivity index (χ1) is 9.11. The van der Waals surface area contributed by atoms with Crippen molar-refractivity contribution in [2.45, 2.75) is 6.04 Å². The number of benzene rings is 2. The van der Waals surface area contributed by atoms with Gasteiger partial charge in [-0.15, -0.1) is 0 Å². The second-order valence-electron chi connectivity index (χ2n) is 3.85. The highest BCUT2D eigenvalue weighted by Crippen LogP contribution is 2.27. The molecular weight excluding hydrogens is 314 g/mol. The van der Waals surface area contributed by atoms with Gasteiger partial charge in [0, 0.05) is 10.0 Å². The number of nitrogens with one attached hydrogen (secondary N) is 1. The van der Waals surface area contributed by atoms with Gasteiger partial charge in [-0.3, -0.25) is 0 Å². The SMILES string of the molecule is N#CC(Nc1ccccc1F)c1ccc(F)cc1Br. The number of hydrogen-bond donors (Lipinski definition) is 1. The minimum absolute atomic E-state index is 0.227. The first-order valence-electron chi connectivity index (χ1n) is 5.47. The van der Waals surface area contributed by atoms with Crippen LogP contribution in [0.4, 0.5) is 14.5 Å². The van der Waals surface area contributed by atoms with Crippen molar-refractivity contribution >= 4 is 21.6 Å². The van der Waals surface area contributed by atoms with Crippen LogP contribution in [-0.4, -0.2) is 0 Å². The van der Waals surface area contributed by atoms with Gasteiger partial charge in [0.2, 0.25) is 0 Å². The molecule has 1 atom stereocenters. The normalized spacial score (nSPS) is 11.7. The van der Waals surface area contributed by atoms with E-state index < -0.39 is 17.7 Å². The summed E-state index contributed by atoms with van der Waals surface area (Å²) < 4.78 is 27.0. The van der Waals surface area contributed by atoms with E-state index in [0.717, 1.165) is 0 Å². The summed E-state index contributed by atoms with van der Waals surface area (Å²) in [6.45, 7) is 0. The lowest BCUT2D eigenvalue weighted by molar-refractivity contribution is 0.624. The van der Waals surface area contributed by atoms with Crippen LogP contribution in [0, 0.1) is 23.0 Å². The van der Waals surface area contributed by atoms with E-state index in [2.05, 4.69) is 21.2 Å². The zero-order valence-corrected chi connectivity index (χ0v) is 11.3. The molecule has 0 aromatic heterocycles. The Morgan fingerprint density at radius 3 is 2.53 bits per heavy atom. The molecule has 0 heterocycles. The maximum atomic E-state index is 13.5. The van der Waals surface area contributed by atoms with Crippen molar-refractivity contribution in [3.63, 3.8) is 0 Å². The van der Waals surface area contributed by atoms with Gasteiger partial charge in [0.1, 0.15) is 17.7 Å². The third kappa shape index (κ3) is 3.09. The number of hydrogen-bond acceptors (Lipinski definition) is 2. The highest BCUT2D eigenvalue weighted by Gasteiger charge is 2.15. The number of nitriles is 1. The predicted octanol–water partition coefficient (Wildman–Crippen LogP) is 4.40. The lowest BCUT2D eigenvalue weighted by Crippen LogP contribution is -2.10. The van der Waals surface area contributed by atoms with Crippen molar-refractivity contribution in [2.75, 3.05) is 5.32 Å². The van der Waals surface area contributed by atoms with Crippen LogP contribution in [0.5, 0.6) is 0 Å². The maximum Gasteiger partial charge on any atom is 0.146 e. The summed E-state index contributed by atoms with van der Waals surface area (Å²) in [5.41, 5.74) is 0.775. The Hall–Kier alpha value is -1.93. The molecular formula is C14H9BrF2N2. The van der Waals surface area contributed by atoms with Crippen LogP contribution in [0.3, 0.4) is 0 Å². The quantitative estimate of drug-likeness (QED) is 0.908. The van der Waals surface area contributed by atoms with Crippen LogP contribution in [0.25, 0.3) is 0 Å². The molecule has 0 bridgehead atoms. The van der Waals surface area contributed by atoms with Gasteiger partial charge in [0.25, 0.3) is 0 Å². The molecule has 0 saturated heterocycles. The molecule has 19 heavy (non-hydrogen) atoms. The molecule has 96 valence electrons. The van der Waals surface area contributed by atoms with E-state index in [-0.39, 0.29) is 5.69 Å². The third-order valence-corrected chi connectivity index (χ3v) is 3.26. The topological polar surface area (TPSA) is 35.8 Å². The van der Waals surface area contributed by atoms with E-state index in [9.17, 15) is 14.0 Å². The molecule has 0 radical (unpaired) electrons. The van der Waals surface area contributed by atoms with Crippen molar-refractivity contribution in [3.05, 3.63) is 64.1 Å². The fourth-order valence-electron chi connectivity index (χ4n) is 1.65. The first-order valence-corrected chi connectivity index (χ1v) is 6.26. The molecule has 2 rings (SSSR count). The Kier molecular flexibility index (Phi) is 4.13. The average Bonchev–Trinajstić information content (AvgIpc) is 2.39. The van der Waals surface area contributed by atoms with Crippen molar-refractivity contribution in [1.82, 2.24) is 0 Å². The summed E-state index contributed by atoms with van der Waals surface area (Å²) in [6, 6.07) is 11.3. The molecule has 0 aliphatic heterocycles. The lowest BCUT2D eigenvalue weighted by atomic mass is 10.1. The summed E-state index contributed by atoms with van der Waals surface area (Å²) in [5, 5.41) is 12.0. The van der Waals surface area contributed by atoms with Crippen molar-refractivity contribution in [2.24, 2.45) is 0 Å². The molecule has 1 unspecified atom stereocenters. The Bertz CT molecular complexity index is 638. The second-order valence-corrected chi connectivity index (χ2v) is 4.71. The summed E-state index contributed by atoms with van der Waals surface area (Å²) in [4.78, 5) is 0. The first kappa shape index (κ1) is 13.5. The molecule has 2 aromatic carbocycles. The fraction of sp³-hybridized carbons (Fsp3) is 0.0714. The predicted molar refractivity (Wildman–Crippen MR) is 72.5 cm³/mol. The average molecular weight is 323 g/mol. The molecule has 2 nitrogen and oxygen atoms in total. The van der Waals surface area contributed by atoms with Gasteiger partial charge in [0.15, 0.2) is 0 Å². The largest absolute Gasteiger partial charge is 0.364 e. The van der Waals surface area contributed by atoms with Crippen molar-refractivity contribution in [1.29, 1.82) is 5.26 Å². The molecule has 0 fully saturated rings. The van der Waals surface area contributed by atoms with Crippen LogP contribution < -0.4 is 5.32 Å². The molecule has 0 amide bonds. The van der Waals surface area contributed by atoms with Crippen molar-refractivity contribution in [3.8, 4) is 6.07 Å². The number of halogens is 3. The standard InChI is InChI=1S/C14H9BrF2N2/c15-11-7-9(16)5-6-10(11)14(8-18)19-13-4-2-1-3-12(13)17/h1-7,14,19H. The van der Waals surface area contributed by atoms with Gasteiger partial charge in [0.05, 0.1) is 11.8 Å². The van der Waals surface area contributed by atoms with Crippen LogP contribution in [0.1, 0.15) is 11.6 Å². The van der Waals surface area contributed by atoms with Gasteiger partial charge < -0.3 is 5.32 Å². The Labute approximate surface area is 117 Å². The minimum Gasteiger partial charge on any atom is -0.364 e. The minimum atomic E-state index is -0.771. The van der Waals surface area contributed by atoms with E-state index in [1.807, 2.05) is 6.07 Å². The summed E-state index contributed by atoms with van der Waals surface area (Å²) in [5.74, 6) is -0.848. The van der Waals surface area contributed by atoms with E-state index in [0.29, 0.717) is 10.0 Å². The number of rotatable bonds is 3. The molecule has 0 spiro atoms. The highest BCUT2D eigenvalue weighted by molar-refractivity contribution is 9.10. The molecule has 2 aromatic rings. The Balaban J connectivity index is 2.31.